The van der Waals surface area contributed by atoms with E-state index in [4.69, 9.17) is 0 Å². The molecule has 0 aliphatic heterocycles. The Labute approximate surface area is 135 Å². The minimum absolute atomic E-state index is 0.149. The lowest BCUT2D eigenvalue weighted by molar-refractivity contribution is -0.134. The smallest absolute Gasteiger partial charge is 0.330 e. The fraction of sp³-hybridized carbons (Fsp3) is 0.118. The van der Waals surface area contributed by atoms with Gasteiger partial charge in [0.05, 0.1) is 17.7 Å². The van der Waals surface area contributed by atoms with Gasteiger partial charge in [-0.25, -0.2) is 13.2 Å². The van der Waals surface area contributed by atoms with Crippen LogP contribution in [0.15, 0.2) is 65.6 Å². The fourth-order valence-corrected chi connectivity index (χ4v) is 3.20. The van der Waals surface area contributed by atoms with Crippen molar-refractivity contribution in [1.82, 2.24) is 0 Å². The van der Waals surface area contributed by atoms with Gasteiger partial charge in [-0.05, 0) is 35.9 Å². The predicted molar refractivity (Wildman–Crippen MR) is 89.5 cm³/mol. The first-order chi connectivity index (χ1) is 10.9. The van der Waals surface area contributed by atoms with Gasteiger partial charge in [-0.1, -0.05) is 30.3 Å². The summed E-state index contributed by atoms with van der Waals surface area (Å²) in [6, 6.07) is 15.2. The van der Waals surface area contributed by atoms with Crippen molar-refractivity contribution in [3.05, 3.63) is 66.2 Å². The molecule has 2 aromatic rings. The average molecular weight is 331 g/mol. The van der Waals surface area contributed by atoms with Gasteiger partial charge in [-0.3, -0.25) is 4.31 Å². The maximum atomic E-state index is 12.7. The molecule has 0 unspecified atom stereocenters. The highest BCUT2D eigenvalue weighted by Crippen LogP contribution is 2.22. The quantitative estimate of drug-likeness (QED) is 0.624. The van der Waals surface area contributed by atoms with E-state index in [0.717, 1.165) is 0 Å². The highest BCUT2D eigenvalue weighted by molar-refractivity contribution is 7.92. The summed E-state index contributed by atoms with van der Waals surface area (Å²) in [5.74, 6) is -0.500. The van der Waals surface area contributed by atoms with Crippen molar-refractivity contribution in [3.8, 4) is 0 Å². The second-order valence-corrected chi connectivity index (χ2v) is 6.71. The zero-order valence-electron chi connectivity index (χ0n) is 12.8. The van der Waals surface area contributed by atoms with E-state index in [0.29, 0.717) is 11.3 Å². The lowest BCUT2D eigenvalue weighted by Gasteiger charge is -2.19. The number of nitrogens with zero attached hydrogens (tertiary/aromatic N) is 1. The van der Waals surface area contributed by atoms with E-state index < -0.39 is 16.0 Å². The van der Waals surface area contributed by atoms with Crippen molar-refractivity contribution in [3.63, 3.8) is 0 Å². The van der Waals surface area contributed by atoms with Crippen LogP contribution in [0.25, 0.3) is 6.08 Å². The molecule has 120 valence electrons. The van der Waals surface area contributed by atoms with E-state index in [-0.39, 0.29) is 4.90 Å². The molecule has 6 heteroatoms. The summed E-state index contributed by atoms with van der Waals surface area (Å²) in [4.78, 5) is 11.3. The maximum Gasteiger partial charge on any atom is 0.330 e. The first-order valence-corrected chi connectivity index (χ1v) is 8.29. The highest BCUT2D eigenvalue weighted by Gasteiger charge is 2.21. The second kappa shape index (κ2) is 7.11. The summed E-state index contributed by atoms with van der Waals surface area (Å²) in [5, 5.41) is 0. The molecule has 0 atom stereocenters. The molecule has 2 rings (SSSR count). The number of anilines is 1. The summed E-state index contributed by atoms with van der Waals surface area (Å²) >= 11 is 0. The van der Waals surface area contributed by atoms with E-state index in [1.807, 2.05) is 6.07 Å². The zero-order chi connectivity index (χ0) is 16.9. The number of hydrogen-bond acceptors (Lipinski definition) is 4. The molecule has 0 saturated heterocycles. The van der Waals surface area contributed by atoms with Crippen molar-refractivity contribution >= 4 is 27.8 Å². The van der Waals surface area contributed by atoms with Crippen molar-refractivity contribution in [2.75, 3.05) is 18.5 Å². The van der Waals surface area contributed by atoms with Crippen LogP contribution in [0.5, 0.6) is 0 Å². The van der Waals surface area contributed by atoms with E-state index >= 15 is 0 Å². The van der Waals surface area contributed by atoms with Gasteiger partial charge in [0, 0.05) is 13.1 Å². The van der Waals surface area contributed by atoms with Crippen molar-refractivity contribution in [1.29, 1.82) is 0 Å². The topological polar surface area (TPSA) is 63.7 Å². The normalized spacial score (nSPS) is 11.4. The average Bonchev–Trinajstić information content (AvgIpc) is 2.60. The number of carbonyl (C=O) groups is 1. The zero-order valence-corrected chi connectivity index (χ0v) is 13.7. The third-order valence-electron chi connectivity index (χ3n) is 3.25. The predicted octanol–water partition coefficient (Wildman–Crippen LogP) is 2.70. The molecule has 5 nitrogen and oxygen atoms in total. The molecule has 0 aliphatic carbocycles. The first-order valence-electron chi connectivity index (χ1n) is 6.85. The number of benzene rings is 2. The summed E-state index contributed by atoms with van der Waals surface area (Å²) in [6.45, 7) is 0. The summed E-state index contributed by atoms with van der Waals surface area (Å²) in [5.41, 5.74) is 1.17. The van der Waals surface area contributed by atoms with Crippen LogP contribution >= 0.6 is 0 Å². The van der Waals surface area contributed by atoms with Crippen molar-refractivity contribution in [2.24, 2.45) is 0 Å². The highest BCUT2D eigenvalue weighted by atomic mass is 32.2. The van der Waals surface area contributed by atoms with Crippen LogP contribution in [0.3, 0.4) is 0 Å². The number of para-hydroxylation sites is 1. The lowest BCUT2D eigenvalue weighted by Crippen LogP contribution is -2.26. The molecule has 23 heavy (non-hydrogen) atoms. The maximum absolute atomic E-state index is 12.7. The Morgan fingerprint density at radius 2 is 1.78 bits per heavy atom. The summed E-state index contributed by atoms with van der Waals surface area (Å²) in [7, 11) is -0.894. The van der Waals surface area contributed by atoms with Crippen LogP contribution in [0.2, 0.25) is 0 Å². The lowest BCUT2D eigenvalue weighted by atomic mass is 10.2. The molecule has 0 aliphatic rings. The Bertz CT molecular complexity index is 813. The summed E-state index contributed by atoms with van der Waals surface area (Å²) in [6.07, 6.45) is 2.75. The Hall–Kier alpha value is -2.60. The van der Waals surface area contributed by atoms with Gasteiger partial charge in [-0.15, -0.1) is 0 Å². The van der Waals surface area contributed by atoms with E-state index in [1.165, 1.54) is 42.7 Å². The number of rotatable bonds is 5. The number of esters is 1. The van der Waals surface area contributed by atoms with Gasteiger partial charge in [0.1, 0.15) is 0 Å². The molecule has 0 fully saturated rings. The molecule has 0 spiro atoms. The Morgan fingerprint density at radius 3 is 2.43 bits per heavy atom. The third-order valence-corrected chi connectivity index (χ3v) is 5.03. The van der Waals surface area contributed by atoms with Crippen LogP contribution in [-0.2, 0) is 19.6 Å². The number of carbonyl (C=O) groups excluding carboxylic acids is 1. The number of hydrogen-bond donors (Lipinski definition) is 0. The molecule has 0 aromatic heterocycles. The standard InChI is InChI=1S/C17H17NO4S/c1-18(15-8-4-3-5-9-15)23(20,21)16-10-6-7-14(13-16)11-12-17(19)22-2/h3-13H,1-2H3/b12-11+. The number of ether oxygens (including phenoxy) is 1. The van der Waals surface area contributed by atoms with Gasteiger partial charge in [0.2, 0.25) is 0 Å². The summed E-state index contributed by atoms with van der Waals surface area (Å²) < 4.78 is 31.1. The van der Waals surface area contributed by atoms with Gasteiger partial charge in [0.25, 0.3) is 10.0 Å². The fourth-order valence-electron chi connectivity index (χ4n) is 1.95. The SMILES string of the molecule is COC(=O)/C=C/c1cccc(S(=O)(=O)N(C)c2ccccc2)c1. The minimum Gasteiger partial charge on any atom is -0.466 e. The van der Waals surface area contributed by atoms with Gasteiger partial charge in [0.15, 0.2) is 0 Å². The van der Waals surface area contributed by atoms with Crippen molar-refractivity contribution < 1.29 is 17.9 Å². The third kappa shape index (κ3) is 3.98. The number of sulfonamides is 1. The molecule has 0 bridgehead atoms. The van der Waals surface area contributed by atoms with E-state index in [1.54, 1.807) is 36.4 Å². The van der Waals surface area contributed by atoms with Crippen molar-refractivity contribution in [2.45, 2.75) is 4.90 Å². The molecule has 0 radical (unpaired) electrons. The minimum atomic E-state index is -3.68. The van der Waals surface area contributed by atoms with Crippen LogP contribution < -0.4 is 4.31 Å². The van der Waals surface area contributed by atoms with Crippen LogP contribution in [-0.4, -0.2) is 28.5 Å². The monoisotopic (exact) mass is 331 g/mol. The molecular formula is C17H17NO4S. The first kappa shape index (κ1) is 16.8. The van der Waals surface area contributed by atoms with Gasteiger partial charge < -0.3 is 4.74 Å². The van der Waals surface area contributed by atoms with Gasteiger partial charge >= 0.3 is 5.97 Å². The molecule has 0 N–H and O–H groups in total. The van der Waals surface area contributed by atoms with Crippen LogP contribution in [0.4, 0.5) is 5.69 Å². The van der Waals surface area contributed by atoms with Gasteiger partial charge in [-0.2, -0.15) is 0 Å². The number of methoxy groups -OCH3 is 1. The van der Waals surface area contributed by atoms with E-state index in [2.05, 4.69) is 4.74 Å². The Balaban J connectivity index is 2.34. The largest absolute Gasteiger partial charge is 0.466 e. The molecule has 0 heterocycles. The molecular weight excluding hydrogens is 314 g/mol. The molecule has 2 aromatic carbocycles. The second-order valence-electron chi connectivity index (χ2n) is 4.74. The van der Waals surface area contributed by atoms with Crippen LogP contribution in [0.1, 0.15) is 5.56 Å². The Kier molecular flexibility index (Phi) is 5.18. The van der Waals surface area contributed by atoms with Crippen LogP contribution in [0, 0.1) is 0 Å². The Morgan fingerprint density at radius 1 is 1.09 bits per heavy atom. The molecule has 0 saturated carbocycles. The molecule has 0 amide bonds. The van der Waals surface area contributed by atoms with E-state index in [9.17, 15) is 13.2 Å².